The van der Waals surface area contributed by atoms with Gasteiger partial charge in [-0.15, -0.1) is 0 Å². The molecule has 1 heterocycles. The molecule has 2 heteroatoms. The summed E-state index contributed by atoms with van der Waals surface area (Å²) in [6.07, 6.45) is 5.68. The van der Waals surface area contributed by atoms with Crippen molar-refractivity contribution in [2.75, 3.05) is 19.8 Å². The lowest BCUT2D eigenvalue weighted by Crippen LogP contribution is -2.48. The molecular formula is C11H21NO. The average molecular weight is 183 g/mol. The molecule has 0 spiro atoms. The van der Waals surface area contributed by atoms with Gasteiger partial charge in [0.1, 0.15) is 0 Å². The predicted molar refractivity (Wildman–Crippen MR) is 53.7 cm³/mol. The Morgan fingerprint density at radius 3 is 2.77 bits per heavy atom. The van der Waals surface area contributed by atoms with Gasteiger partial charge >= 0.3 is 0 Å². The van der Waals surface area contributed by atoms with E-state index < -0.39 is 0 Å². The minimum atomic E-state index is 0.643. The summed E-state index contributed by atoms with van der Waals surface area (Å²) in [6, 6.07) is 0.643. The first-order chi connectivity index (χ1) is 6.38. The first kappa shape index (κ1) is 9.47. The standard InChI is InChI=1S/C11H21NO/c1-9-4-2-3-5-10(9)11-8-13-7-6-12-11/h9-12H,2-8H2,1H3. The second-order valence-corrected chi connectivity index (χ2v) is 4.56. The first-order valence-electron chi connectivity index (χ1n) is 5.69. The number of hydrogen-bond acceptors (Lipinski definition) is 2. The molecular weight excluding hydrogens is 162 g/mol. The topological polar surface area (TPSA) is 21.3 Å². The minimum Gasteiger partial charge on any atom is -0.379 e. The Bertz CT molecular complexity index is 154. The molecule has 13 heavy (non-hydrogen) atoms. The molecule has 3 atom stereocenters. The van der Waals surface area contributed by atoms with E-state index in [4.69, 9.17) is 4.74 Å². The molecule has 1 saturated heterocycles. The van der Waals surface area contributed by atoms with Crippen molar-refractivity contribution in [1.82, 2.24) is 5.32 Å². The van der Waals surface area contributed by atoms with Gasteiger partial charge in [-0.3, -0.25) is 0 Å². The van der Waals surface area contributed by atoms with Crippen LogP contribution < -0.4 is 5.32 Å². The van der Waals surface area contributed by atoms with Gasteiger partial charge < -0.3 is 10.1 Å². The fourth-order valence-electron chi connectivity index (χ4n) is 2.80. The zero-order valence-electron chi connectivity index (χ0n) is 8.59. The maximum Gasteiger partial charge on any atom is 0.0623 e. The molecule has 76 valence electrons. The molecule has 0 radical (unpaired) electrons. The summed E-state index contributed by atoms with van der Waals surface area (Å²) in [5, 5.41) is 3.59. The molecule has 1 saturated carbocycles. The van der Waals surface area contributed by atoms with Crippen LogP contribution in [-0.2, 0) is 4.74 Å². The van der Waals surface area contributed by atoms with E-state index in [2.05, 4.69) is 12.2 Å². The van der Waals surface area contributed by atoms with Crippen LogP contribution >= 0.6 is 0 Å². The van der Waals surface area contributed by atoms with Gasteiger partial charge in [-0.05, 0) is 18.3 Å². The Balaban J connectivity index is 1.88. The quantitative estimate of drug-likeness (QED) is 0.669. The van der Waals surface area contributed by atoms with Crippen molar-refractivity contribution in [1.29, 1.82) is 0 Å². The number of rotatable bonds is 1. The molecule has 0 aromatic rings. The number of ether oxygens (including phenoxy) is 1. The third-order valence-corrected chi connectivity index (χ3v) is 3.64. The molecule has 2 fully saturated rings. The summed E-state index contributed by atoms with van der Waals surface area (Å²) < 4.78 is 5.52. The smallest absolute Gasteiger partial charge is 0.0623 e. The average Bonchev–Trinajstić information content (AvgIpc) is 2.20. The maximum atomic E-state index is 5.52. The van der Waals surface area contributed by atoms with E-state index in [1.807, 2.05) is 0 Å². The number of nitrogens with one attached hydrogen (secondary N) is 1. The Hall–Kier alpha value is -0.0800. The summed E-state index contributed by atoms with van der Waals surface area (Å²) in [5.41, 5.74) is 0. The lowest BCUT2D eigenvalue weighted by molar-refractivity contribution is 0.0360. The SMILES string of the molecule is CC1CCCCC1C1COCCN1. The molecule has 2 nitrogen and oxygen atoms in total. The molecule has 0 amide bonds. The largest absolute Gasteiger partial charge is 0.379 e. The van der Waals surface area contributed by atoms with Gasteiger partial charge in [-0.1, -0.05) is 26.2 Å². The van der Waals surface area contributed by atoms with Gasteiger partial charge in [0.05, 0.1) is 13.2 Å². The number of hydrogen-bond donors (Lipinski definition) is 1. The van der Waals surface area contributed by atoms with Crippen molar-refractivity contribution >= 4 is 0 Å². The number of morpholine rings is 1. The Kier molecular flexibility index (Phi) is 3.23. The Morgan fingerprint density at radius 1 is 1.23 bits per heavy atom. The molecule has 3 unspecified atom stereocenters. The molecule has 0 aromatic carbocycles. The zero-order valence-corrected chi connectivity index (χ0v) is 8.59. The second kappa shape index (κ2) is 4.43. The molecule has 1 aliphatic heterocycles. The van der Waals surface area contributed by atoms with Crippen molar-refractivity contribution in [2.45, 2.75) is 38.6 Å². The van der Waals surface area contributed by atoms with Crippen molar-refractivity contribution in [3.05, 3.63) is 0 Å². The van der Waals surface area contributed by atoms with Crippen LogP contribution in [0.25, 0.3) is 0 Å². The lowest BCUT2D eigenvalue weighted by atomic mass is 9.76. The molecule has 0 aromatic heterocycles. The summed E-state index contributed by atoms with van der Waals surface area (Å²) in [6.45, 7) is 5.29. The molecule has 2 rings (SSSR count). The van der Waals surface area contributed by atoms with Crippen LogP contribution in [0, 0.1) is 11.8 Å². The highest BCUT2D eigenvalue weighted by molar-refractivity contribution is 4.84. The second-order valence-electron chi connectivity index (χ2n) is 4.56. The van der Waals surface area contributed by atoms with Crippen molar-refractivity contribution in [3.8, 4) is 0 Å². The van der Waals surface area contributed by atoms with Crippen molar-refractivity contribution < 1.29 is 4.74 Å². The fourth-order valence-corrected chi connectivity index (χ4v) is 2.80. The molecule has 2 aliphatic rings. The van der Waals surface area contributed by atoms with Crippen LogP contribution in [0.15, 0.2) is 0 Å². The Morgan fingerprint density at radius 2 is 2.08 bits per heavy atom. The maximum absolute atomic E-state index is 5.52. The van der Waals surface area contributed by atoms with E-state index in [1.54, 1.807) is 0 Å². The fraction of sp³-hybridized carbons (Fsp3) is 1.00. The van der Waals surface area contributed by atoms with E-state index in [9.17, 15) is 0 Å². The van der Waals surface area contributed by atoms with E-state index >= 15 is 0 Å². The predicted octanol–water partition coefficient (Wildman–Crippen LogP) is 1.80. The van der Waals surface area contributed by atoms with Crippen LogP contribution in [0.4, 0.5) is 0 Å². The zero-order chi connectivity index (χ0) is 9.10. The third-order valence-electron chi connectivity index (χ3n) is 3.64. The van der Waals surface area contributed by atoms with E-state index in [1.165, 1.54) is 25.7 Å². The third kappa shape index (κ3) is 2.23. The van der Waals surface area contributed by atoms with E-state index in [-0.39, 0.29) is 0 Å². The lowest BCUT2D eigenvalue weighted by Gasteiger charge is -2.37. The monoisotopic (exact) mass is 183 g/mol. The van der Waals surface area contributed by atoms with Crippen molar-refractivity contribution in [3.63, 3.8) is 0 Å². The van der Waals surface area contributed by atoms with Crippen LogP contribution in [-0.4, -0.2) is 25.8 Å². The van der Waals surface area contributed by atoms with E-state index in [0.29, 0.717) is 6.04 Å². The van der Waals surface area contributed by atoms with Crippen LogP contribution in [0.2, 0.25) is 0 Å². The van der Waals surface area contributed by atoms with Crippen LogP contribution in [0.3, 0.4) is 0 Å². The highest BCUT2D eigenvalue weighted by Gasteiger charge is 2.29. The highest BCUT2D eigenvalue weighted by Crippen LogP contribution is 2.32. The highest BCUT2D eigenvalue weighted by atomic mass is 16.5. The van der Waals surface area contributed by atoms with Gasteiger partial charge in [0.2, 0.25) is 0 Å². The van der Waals surface area contributed by atoms with Crippen LogP contribution in [0.1, 0.15) is 32.6 Å². The van der Waals surface area contributed by atoms with Gasteiger partial charge in [0.25, 0.3) is 0 Å². The molecule has 1 N–H and O–H groups in total. The first-order valence-corrected chi connectivity index (χ1v) is 5.69. The van der Waals surface area contributed by atoms with Gasteiger partial charge in [0.15, 0.2) is 0 Å². The van der Waals surface area contributed by atoms with Gasteiger partial charge in [-0.25, -0.2) is 0 Å². The summed E-state index contributed by atoms with van der Waals surface area (Å²) in [7, 11) is 0. The van der Waals surface area contributed by atoms with E-state index in [0.717, 1.165) is 31.6 Å². The summed E-state index contributed by atoms with van der Waals surface area (Å²) in [5.74, 6) is 1.77. The van der Waals surface area contributed by atoms with Crippen molar-refractivity contribution in [2.24, 2.45) is 11.8 Å². The summed E-state index contributed by atoms with van der Waals surface area (Å²) in [4.78, 5) is 0. The van der Waals surface area contributed by atoms with Gasteiger partial charge in [0, 0.05) is 12.6 Å². The molecule has 0 bridgehead atoms. The molecule has 1 aliphatic carbocycles. The van der Waals surface area contributed by atoms with Gasteiger partial charge in [-0.2, -0.15) is 0 Å². The summed E-state index contributed by atoms with van der Waals surface area (Å²) >= 11 is 0. The Labute approximate surface area is 81.0 Å². The normalized spacial score (nSPS) is 41.8. The minimum absolute atomic E-state index is 0.643. The van der Waals surface area contributed by atoms with Crippen LogP contribution in [0.5, 0.6) is 0 Å².